The molecule has 0 aliphatic carbocycles. The average Bonchev–Trinajstić information content (AvgIpc) is 2.69. The summed E-state index contributed by atoms with van der Waals surface area (Å²) in [7, 11) is 2.15. The van der Waals surface area contributed by atoms with Crippen molar-refractivity contribution in [3.8, 4) is 0 Å². The summed E-state index contributed by atoms with van der Waals surface area (Å²) in [5, 5.41) is 0. The smallest absolute Gasteiger partial charge is 0.338 e. The van der Waals surface area contributed by atoms with E-state index in [0.29, 0.717) is 12.2 Å². The molecule has 1 fully saturated rings. The van der Waals surface area contributed by atoms with Crippen molar-refractivity contribution in [1.82, 2.24) is 9.80 Å². The first-order valence-electron chi connectivity index (χ1n) is 7.49. The third-order valence-electron chi connectivity index (χ3n) is 3.74. The monoisotopic (exact) mass is 294 g/mol. The van der Waals surface area contributed by atoms with Crippen LogP contribution in [0.5, 0.6) is 0 Å². The molecule has 0 amide bonds. The van der Waals surface area contributed by atoms with Crippen LogP contribution in [-0.2, 0) is 4.74 Å². The molecule has 1 aliphatic heterocycles. The average molecular weight is 294 g/mol. The highest BCUT2D eigenvalue weighted by molar-refractivity contribution is 5.89. The fourth-order valence-electron chi connectivity index (χ4n) is 2.45. The number of likely N-dealkylation sites (N-methyl/N-ethyl adjacent to an activating group) is 1. The van der Waals surface area contributed by atoms with E-state index in [0.717, 1.165) is 39.1 Å². The lowest BCUT2D eigenvalue weighted by atomic mass is 10.2. The minimum absolute atomic E-state index is 0.349. The first kappa shape index (κ1) is 15.9. The molecular formula is C16H23FN2O2. The summed E-state index contributed by atoms with van der Waals surface area (Å²) >= 11 is 0. The molecule has 0 radical (unpaired) electrons. The normalized spacial score (nSPS) is 17.4. The highest BCUT2D eigenvalue weighted by atomic mass is 19.1. The van der Waals surface area contributed by atoms with Gasteiger partial charge in [0.05, 0.1) is 12.2 Å². The zero-order valence-corrected chi connectivity index (χ0v) is 12.6. The Kier molecular flexibility index (Phi) is 6.14. The Labute approximate surface area is 125 Å². The van der Waals surface area contributed by atoms with E-state index in [4.69, 9.17) is 4.74 Å². The minimum Gasteiger partial charge on any atom is -0.462 e. The molecule has 1 heterocycles. The summed E-state index contributed by atoms with van der Waals surface area (Å²) in [6.45, 7) is 5.77. The Morgan fingerprint density at radius 2 is 1.95 bits per heavy atom. The zero-order valence-electron chi connectivity index (χ0n) is 12.6. The maximum Gasteiger partial charge on any atom is 0.338 e. The number of nitrogens with zero attached hydrogens (tertiary/aromatic N) is 2. The Morgan fingerprint density at radius 3 is 2.71 bits per heavy atom. The SMILES string of the molecule is CN1CCCN(CCCOC(=O)c2ccc(F)cc2)CC1. The highest BCUT2D eigenvalue weighted by Crippen LogP contribution is 2.06. The largest absolute Gasteiger partial charge is 0.462 e. The van der Waals surface area contributed by atoms with Crippen molar-refractivity contribution < 1.29 is 13.9 Å². The van der Waals surface area contributed by atoms with Crippen LogP contribution in [0.3, 0.4) is 0 Å². The van der Waals surface area contributed by atoms with Crippen LogP contribution in [0.25, 0.3) is 0 Å². The van der Waals surface area contributed by atoms with Crippen LogP contribution in [0.1, 0.15) is 23.2 Å². The highest BCUT2D eigenvalue weighted by Gasteiger charge is 2.12. The van der Waals surface area contributed by atoms with E-state index >= 15 is 0 Å². The molecule has 4 nitrogen and oxygen atoms in total. The maximum atomic E-state index is 12.8. The molecule has 0 aromatic heterocycles. The summed E-state index contributed by atoms with van der Waals surface area (Å²) in [6, 6.07) is 5.43. The standard InChI is InChI=1S/C16H23FN2O2/c1-18-8-2-9-19(12-11-18)10-3-13-21-16(20)14-4-6-15(17)7-5-14/h4-7H,2-3,8-13H2,1H3. The van der Waals surface area contributed by atoms with Crippen molar-refractivity contribution in [2.45, 2.75) is 12.8 Å². The molecule has 116 valence electrons. The summed E-state index contributed by atoms with van der Waals surface area (Å²) in [5.74, 6) is -0.733. The van der Waals surface area contributed by atoms with Gasteiger partial charge in [0.15, 0.2) is 0 Å². The Bertz CT molecular complexity index is 450. The van der Waals surface area contributed by atoms with Crippen molar-refractivity contribution in [3.05, 3.63) is 35.6 Å². The molecule has 0 unspecified atom stereocenters. The number of hydrogen-bond acceptors (Lipinski definition) is 4. The van der Waals surface area contributed by atoms with Gasteiger partial charge in [-0.05, 0) is 57.2 Å². The molecule has 1 aliphatic rings. The lowest BCUT2D eigenvalue weighted by Gasteiger charge is -2.19. The van der Waals surface area contributed by atoms with E-state index in [9.17, 15) is 9.18 Å². The Morgan fingerprint density at radius 1 is 1.19 bits per heavy atom. The second-order valence-corrected chi connectivity index (χ2v) is 5.49. The first-order valence-corrected chi connectivity index (χ1v) is 7.49. The number of carbonyl (C=O) groups excluding carboxylic acids is 1. The number of benzene rings is 1. The van der Waals surface area contributed by atoms with Crippen LogP contribution in [0.2, 0.25) is 0 Å². The van der Waals surface area contributed by atoms with Gasteiger partial charge in [-0.3, -0.25) is 0 Å². The van der Waals surface area contributed by atoms with E-state index in [2.05, 4.69) is 16.8 Å². The quantitative estimate of drug-likeness (QED) is 0.614. The number of carbonyl (C=O) groups is 1. The van der Waals surface area contributed by atoms with Gasteiger partial charge >= 0.3 is 5.97 Å². The molecule has 5 heteroatoms. The van der Waals surface area contributed by atoms with E-state index in [1.165, 1.54) is 30.7 Å². The predicted molar refractivity (Wildman–Crippen MR) is 79.9 cm³/mol. The molecule has 1 aromatic carbocycles. The molecule has 1 saturated heterocycles. The molecule has 0 spiro atoms. The summed E-state index contributed by atoms with van der Waals surface area (Å²) in [5.41, 5.74) is 0.396. The van der Waals surface area contributed by atoms with Gasteiger partial charge in [0, 0.05) is 19.6 Å². The van der Waals surface area contributed by atoms with Crippen molar-refractivity contribution in [2.24, 2.45) is 0 Å². The number of esters is 1. The third-order valence-corrected chi connectivity index (χ3v) is 3.74. The van der Waals surface area contributed by atoms with Crippen LogP contribution in [-0.4, -0.2) is 62.1 Å². The fraction of sp³-hybridized carbons (Fsp3) is 0.562. The summed E-state index contributed by atoms with van der Waals surface area (Å²) in [6.07, 6.45) is 2.02. The van der Waals surface area contributed by atoms with Gasteiger partial charge in [-0.1, -0.05) is 0 Å². The zero-order chi connectivity index (χ0) is 15.1. The van der Waals surface area contributed by atoms with Gasteiger partial charge in [-0.25, -0.2) is 9.18 Å². The van der Waals surface area contributed by atoms with Crippen LogP contribution < -0.4 is 0 Å². The lowest BCUT2D eigenvalue weighted by Crippen LogP contribution is -2.30. The van der Waals surface area contributed by atoms with Gasteiger partial charge in [0.1, 0.15) is 5.82 Å². The number of rotatable bonds is 5. The second-order valence-electron chi connectivity index (χ2n) is 5.49. The van der Waals surface area contributed by atoms with Crippen molar-refractivity contribution in [1.29, 1.82) is 0 Å². The van der Waals surface area contributed by atoms with Crippen LogP contribution >= 0.6 is 0 Å². The van der Waals surface area contributed by atoms with Crippen molar-refractivity contribution in [3.63, 3.8) is 0 Å². The van der Waals surface area contributed by atoms with Crippen molar-refractivity contribution in [2.75, 3.05) is 46.4 Å². The molecule has 0 N–H and O–H groups in total. The maximum absolute atomic E-state index is 12.8. The summed E-state index contributed by atoms with van der Waals surface area (Å²) < 4.78 is 18.0. The van der Waals surface area contributed by atoms with Gasteiger partial charge < -0.3 is 14.5 Å². The molecule has 0 bridgehead atoms. The molecule has 2 rings (SSSR count). The number of hydrogen-bond donors (Lipinski definition) is 0. The molecule has 1 aromatic rings. The van der Waals surface area contributed by atoms with E-state index < -0.39 is 0 Å². The predicted octanol–water partition coefficient (Wildman–Crippen LogP) is 2.01. The Hall–Kier alpha value is -1.46. The minimum atomic E-state index is -0.384. The van der Waals surface area contributed by atoms with Gasteiger partial charge in [0.2, 0.25) is 0 Å². The number of ether oxygens (including phenoxy) is 1. The van der Waals surface area contributed by atoms with E-state index in [-0.39, 0.29) is 11.8 Å². The molecular weight excluding hydrogens is 271 g/mol. The molecule has 0 saturated carbocycles. The fourth-order valence-corrected chi connectivity index (χ4v) is 2.45. The first-order chi connectivity index (χ1) is 10.1. The lowest BCUT2D eigenvalue weighted by molar-refractivity contribution is 0.0488. The summed E-state index contributed by atoms with van der Waals surface area (Å²) in [4.78, 5) is 16.5. The molecule has 21 heavy (non-hydrogen) atoms. The van der Waals surface area contributed by atoms with E-state index in [1.807, 2.05) is 0 Å². The second kappa shape index (κ2) is 8.10. The van der Waals surface area contributed by atoms with Gasteiger partial charge in [-0.2, -0.15) is 0 Å². The van der Waals surface area contributed by atoms with Gasteiger partial charge in [0.25, 0.3) is 0 Å². The van der Waals surface area contributed by atoms with Gasteiger partial charge in [-0.15, -0.1) is 0 Å². The van der Waals surface area contributed by atoms with Crippen molar-refractivity contribution >= 4 is 5.97 Å². The topological polar surface area (TPSA) is 32.8 Å². The van der Waals surface area contributed by atoms with E-state index in [1.54, 1.807) is 0 Å². The third kappa shape index (κ3) is 5.44. The van der Waals surface area contributed by atoms with Crippen LogP contribution in [0, 0.1) is 5.82 Å². The van der Waals surface area contributed by atoms with Crippen LogP contribution in [0.4, 0.5) is 4.39 Å². The molecule has 0 atom stereocenters. The van der Waals surface area contributed by atoms with Crippen LogP contribution in [0.15, 0.2) is 24.3 Å². The Balaban J connectivity index is 1.65. The number of halogens is 1.